The van der Waals surface area contributed by atoms with E-state index >= 15 is 0 Å². The van der Waals surface area contributed by atoms with E-state index in [9.17, 15) is 10.1 Å². The van der Waals surface area contributed by atoms with Gasteiger partial charge in [-0.3, -0.25) is 10.1 Å². The number of aliphatic hydroxyl groups excluding tert-OH is 1. The Bertz CT molecular complexity index is 366. The summed E-state index contributed by atoms with van der Waals surface area (Å²) in [7, 11) is 1.54. The van der Waals surface area contributed by atoms with Crippen molar-refractivity contribution in [3.8, 4) is 5.75 Å². The lowest BCUT2D eigenvalue weighted by Gasteiger charge is -2.06. The summed E-state index contributed by atoms with van der Waals surface area (Å²) in [5.74, 6) is 0.357. The molecular formula is C10H13NO5. The van der Waals surface area contributed by atoms with Gasteiger partial charge in [0.05, 0.1) is 24.2 Å². The molecule has 88 valence electrons. The van der Waals surface area contributed by atoms with Gasteiger partial charge in [-0.15, -0.1) is 0 Å². The lowest BCUT2D eigenvalue weighted by molar-refractivity contribution is -0.385. The van der Waals surface area contributed by atoms with Gasteiger partial charge in [-0.1, -0.05) is 0 Å². The summed E-state index contributed by atoms with van der Waals surface area (Å²) in [5, 5.41) is 19.5. The molecule has 6 heteroatoms. The average molecular weight is 227 g/mol. The van der Waals surface area contributed by atoms with Gasteiger partial charge < -0.3 is 14.6 Å². The Balaban J connectivity index is 2.82. The molecule has 0 fully saturated rings. The number of non-ortho nitro benzene ring substituents is 1. The molecule has 0 saturated carbocycles. The van der Waals surface area contributed by atoms with Gasteiger partial charge in [0.1, 0.15) is 12.4 Å². The average Bonchev–Trinajstić information content (AvgIpc) is 2.29. The second-order valence-corrected chi connectivity index (χ2v) is 3.09. The van der Waals surface area contributed by atoms with Crippen molar-refractivity contribution in [1.82, 2.24) is 0 Å². The molecule has 1 N–H and O–H groups in total. The standard InChI is InChI=1S/C10H13NO5/c1-15-2-3-16-10-5-8(7-12)4-9(6-10)11(13)14/h4-6,12H,2-3,7H2,1H3. The number of hydrogen-bond acceptors (Lipinski definition) is 5. The van der Waals surface area contributed by atoms with Crippen LogP contribution in [0, 0.1) is 10.1 Å². The van der Waals surface area contributed by atoms with Gasteiger partial charge >= 0.3 is 0 Å². The van der Waals surface area contributed by atoms with Crippen LogP contribution >= 0.6 is 0 Å². The van der Waals surface area contributed by atoms with Crippen molar-refractivity contribution in [2.24, 2.45) is 0 Å². The molecule has 0 aliphatic rings. The molecule has 0 aromatic heterocycles. The quantitative estimate of drug-likeness (QED) is 0.447. The zero-order valence-corrected chi connectivity index (χ0v) is 8.88. The van der Waals surface area contributed by atoms with Gasteiger partial charge in [0.15, 0.2) is 0 Å². The Morgan fingerprint density at radius 1 is 1.38 bits per heavy atom. The van der Waals surface area contributed by atoms with E-state index in [0.29, 0.717) is 24.5 Å². The molecule has 0 aliphatic carbocycles. The SMILES string of the molecule is COCCOc1cc(CO)cc([N+](=O)[O-])c1. The molecular weight excluding hydrogens is 214 g/mol. The fraction of sp³-hybridized carbons (Fsp3) is 0.400. The Morgan fingerprint density at radius 2 is 2.12 bits per heavy atom. The number of aliphatic hydroxyl groups is 1. The lowest BCUT2D eigenvalue weighted by atomic mass is 10.2. The summed E-state index contributed by atoms with van der Waals surface area (Å²) in [6.45, 7) is 0.446. The van der Waals surface area contributed by atoms with Crippen LogP contribution in [0.5, 0.6) is 5.75 Å². The maximum Gasteiger partial charge on any atom is 0.273 e. The molecule has 1 aromatic rings. The van der Waals surface area contributed by atoms with E-state index in [1.165, 1.54) is 19.2 Å². The van der Waals surface area contributed by atoms with Crippen LogP contribution in [-0.4, -0.2) is 30.4 Å². The minimum atomic E-state index is -0.525. The van der Waals surface area contributed by atoms with E-state index in [4.69, 9.17) is 14.6 Å². The van der Waals surface area contributed by atoms with Gasteiger partial charge in [-0.25, -0.2) is 0 Å². The second-order valence-electron chi connectivity index (χ2n) is 3.09. The predicted octanol–water partition coefficient (Wildman–Crippen LogP) is 1.11. The number of methoxy groups -OCH3 is 1. The van der Waals surface area contributed by atoms with Crippen molar-refractivity contribution < 1.29 is 19.5 Å². The molecule has 0 aliphatic heterocycles. The van der Waals surface area contributed by atoms with Crippen molar-refractivity contribution in [3.63, 3.8) is 0 Å². The highest BCUT2D eigenvalue weighted by molar-refractivity contribution is 5.42. The lowest BCUT2D eigenvalue weighted by Crippen LogP contribution is -2.05. The zero-order valence-electron chi connectivity index (χ0n) is 8.88. The first-order valence-corrected chi connectivity index (χ1v) is 4.68. The molecule has 0 radical (unpaired) electrons. The Labute approximate surface area is 92.6 Å². The third kappa shape index (κ3) is 3.48. The summed E-state index contributed by atoms with van der Waals surface area (Å²) in [5.41, 5.74) is 0.348. The molecule has 0 atom stereocenters. The van der Waals surface area contributed by atoms with E-state index in [-0.39, 0.29) is 12.3 Å². The molecule has 0 bridgehead atoms. The molecule has 0 heterocycles. The monoisotopic (exact) mass is 227 g/mol. The molecule has 1 rings (SSSR count). The van der Waals surface area contributed by atoms with Crippen LogP contribution in [0.4, 0.5) is 5.69 Å². The topological polar surface area (TPSA) is 81.8 Å². The van der Waals surface area contributed by atoms with Crippen LogP contribution in [0.1, 0.15) is 5.56 Å². The van der Waals surface area contributed by atoms with Gasteiger partial charge in [0, 0.05) is 13.2 Å². The van der Waals surface area contributed by atoms with E-state index in [0.717, 1.165) is 0 Å². The minimum absolute atomic E-state index is 0.0982. The van der Waals surface area contributed by atoms with Gasteiger partial charge in [0.25, 0.3) is 5.69 Å². The fourth-order valence-electron chi connectivity index (χ4n) is 1.17. The molecule has 1 aromatic carbocycles. The fourth-order valence-corrected chi connectivity index (χ4v) is 1.17. The highest BCUT2D eigenvalue weighted by Gasteiger charge is 2.10. The van der Waals surface area contributed by atoms with E-state index < -0.39 is 4.92 Å². The Morgan fingerprint density at radius 3 is 2.69 bits per heavy atom. The molecule has 0 spiro atoms. The zero-order chi connectivity index (χ0) is 12.0. The van der Waals surface area contributed by atoms with Crippen molar-refractivity contribution >= 4 is 5.69 Å². The predicted molar refractivity (Wildman–Crippen MR) is 56.4 cm³/mol. The smallest absolute Gasteiger partial charge is 0.273 e. The first-order chi connectivity index (χ1) is 7.67. The third-order valence-electron chi connectivity index (χ3n) is 1.90. The summed E-state index contributed by atoms with van der Waals surface area (Å²) in [4.78, 5) is 10.1. The van der Waals surface area contributed by atoms with Crippen molar-refractivity contribution in [2.75, 3.05) is 20.3 Å². The Hall–Kier alpha value is -1.66. The number of rotatable bonds is 6. The van der Waals surface area contributed by atoms with Crippen LogP contribution in [0.3, 0.4) is 0 Å². The first-order valence-electron chi connectivity index (χ1n) is 4.68. The van der Waals surface area contributed by atoms with Crippen LogP contribution in [-0.2, 0) is 11.3 Å². The number of hydrogen-bond donors (Lipinski definition) is 1. The maximum atomic E-state index is 10.6. The van der Waals surface area contributed by atoms with E-state index in [1.807, 2.05) is 0 Å². The Kier molecular flexibility index (Phi) is 4.68. The normalized spacial score (nSPS) is 10.1. The number of ether oxygens (including phenoxy) is 2. The van der Waals surface area contributed by atoms with E-state index in [2.05, 4.69) is 0 Å². The minimum Gasteiger partial charge on any atom is -0.491 e. The summed E-state index contributed by atoms with van der Waals surface area (Å²) >= 11 is 0. The highest BCUT2D eigenvalue weighted by atomic mass is 16.6. The van der Waals surface area contributed by atoms with Crippen LogP contribution in [0.25, 0.3) is 0 Å². The first kappa shape index (κ1) is 12.4. The van der Waals surface area contributed by atoms with Crippen LogP contribution in [0.15, 0.2) is 18.2 Å². The number of nitrogens with zero attached hydrogens (tertiary/aromatic N) is 1. The molecule has 0 unspecified atom stereocenters. The number of nitro benzene ring substituents is 1. The summed E-state index contributed by atoms with van der Waals surface area (Å²) in [6, 6.07) is 4.18. The second kappa shape index (κ2) is 6.04. The van der Waals surface area contributed by atoms with Crippen molar-refractivity contribution in [1.29, 1.82) is 0 Å². The van der Waals surface area contributed by atoms with Crippen LogP contribution < -0.4 is 4.74 Å². The van der Waals surface area contributed by atoms with Gasteiger partial charge in [-0.2, -0.15) is 0 Å². The highest BCUT2D eigenvalue weighted by Crippen LogP contribution is 2.22. The van der Waals surface area contributed by atoms with E-state index in [1.54, 1.807) is 6.07 Å². The molecule has 16 heavy (non-hydrogen) atoms. The summed E-state index contributed by atoms with van der Waals surface area (Å²) in [6.07, 6.45) is 0. The van der Waals surface area contributed by atoms with Crippen molar-refractivity contribution in [2.45, 2.75) is 6.61 Å². The molecule has 0 saturated heterocycles. The van der Waals surface area contributed by atoms with Crippen LogP contribution in [0.2, 0.25) is 0 Å². The van der Waals surface area contributed by atoms with Crippen molar-refractivity contribution in [3.05, 3.63) is 33.9 Å². The third-order valence-corrected chi connectivity index (χ3v) is 1.90. The van der Waals surface area contributed by atoms with Gasteiger partial charge in [-0.05, 0) is 11.6 Å². The number of benzene rings is 1. The number of nitro groups is 1. The summed E-state index contributed by atoms with van der Waals surface area (Å²) < 4.78 is 10.0. The molecule has 0 amide bonds. The largest absolute Gasteiger partial charge is 0.491 e. The maximum absolute atomic E-state index is 10.6. The van der Waals surface area contributed by atoms with Gasteiger partial charge in [0.2, 0.25) is 0 Å². The molecule has 6 nitrogen and oxygen atoms in total.